The average Bonchev–Trinajstić information content (AvgIpc) is 2.99. The largest absolute Gasteiger partial charge is 0.489 e. The molecule has 3 rings (SSSR count). The Morgan fingerprint density at radius 1 is 1.05 bits per heavy atom. The molecule has 1 aliphatic rings. The van der Waals surface area contributed by atoms with E-state index in [0.717, 1.165) is 18.8 Å². The Labute approximate surface area is 127 Å². The van der Waals surface area contributed by atoms with Gasteiger partial charge in [-0.25, -0.2) is 0 Å². The molecule has 0 fully saturated rings. The van der Waals surface area contributed by atoms with E-state index in [-0.39, 0.29) is 0 Å². The highest BCUT2D eigenvalue weighted by molar-refractivity contribution is 5.36. The second-order valence-corrected chi connectivity index (χ2v) is 5.63. The maximum absolute atomic E-state index is 6.04. The summed E-state index contributed by atoms with van der Waals surface area (Å²) >= 11 is 0. The summed E-state index contributed by atoms with van der Waals surface area (Å²) in [6.07, 6.45) is 3.76. The molecule has 0 spiro atoms. The van der Waals surface area contributed by atoms with Crippen LogP contribution < -0.4 is 10.1 Å². The molecule has 0 heterocycles. The Bertz CT molecular complexity index is 606. The third-order valence-corrected chi connectivity index (χ3v) is 4.10. The summed E-state index contributed by atoms with van der Waals surface area (Å²) in [7, 11) is 0. The van der Waals surface area contributed by atoms with Crippen LogP contribution in [0.15, 0.2) is 42.5 Å². The van der Waals surface area contributed by atoms with E-state index < -0.39 is 0 Å². The van der Waals surface area contributed by atoms with Crippen LogP contribution in [0.1, 0.15) is 35.6 Å². The molecule has 1 aliphatic carbocycles. The predicted molar refractivity (Wildman–Crippen MR) is 86.6 cm³/mol. The van der Waals surface area contributed by atoms with Crippen molar-refractivity contribution in [1.82, 2.24) is 5.32 Å². The number of hydrogen-bond acceptors (Lipinski definition) is 2. The molecule has 0 saturated carbocycles. The summed E-state index contributed by atoms with van der Waals surface area (Å²) in [5.41, 5.74) is 5.53. The van der Waals surface area contributed by atoms with Gasteiger partial charge in [-0.05, 0) is 48.6 Å². The lowest BCUT2D eigenvalue weighted by molar-refractivity contribution is 0.302. The highest BCUT2D eigenvalue weighted by Gasteiger charge is 2.11. The third kappa shape index (κ3) is 3.45. The van der Waals surface area contributed by atoms with Crippen molar-refractivity contribution in [3.8, 4) is 5.75 Å². The zero-order valence-corrected chi connectivity index (χ0v) is 12.7. The van der Waals surface area contributed by atoms with Crippen LogP contribution in [0, 0.1) is 0 Å². The van der Waals surface area contributed by atoms with Crippen LogP contribution >= 0.6 is 0 Å². The molecule has 0 radical (unpaired) electrons. The molecule has 0 aromatic heterocycles. The molecule has 21 heavy (non-hydrogen) atoms. The number of aryl methyl sites for hydroxylation is 2. The third-order valence-electron chi connectivity index (χ3n) is 4.10. The van der Waals surface area contributed by atoms with Gasteiger partial charge in [-0.2, -0.15) is 0 Å². The Balaban J connectivity index is 1.67. The number of fused-ring (bicyclic) bond motifs is 1. The number of benzene rings is 2. The minimum absolute atomic E-state index is 0.649. The fraction of sp³-hybridized carbons (Fsp3) is 0.368. The highest BCUT2D eigenvalue weighted by atomic mass is 16.5. The normalized spacial score (nSPS) is 13.2. The van der Waals surface area contributed by atoms with Gasteiger partial charge in [-0.15, -0.1) is 0 Å². The number of rotatable bonds is 6. The fourth-order valence-electron chi connectivity index (χ4n) is 2.93. The first-order valence-electron chi connectivity index (χ1n) is 7.89. The smallest absolute Gasteiger partial charge is 0.124 e. The van der Waals surface area contributed by atoms with Crippen LogP contribution in [0.2, 0.25) is 0 Å². The fourth-order valence-corrected chi connectivity index (χ4v) is 2.93. The lowest BCUT2D eigenvalue weighted by Crippen LogP contribution is -2.12. The van der Waals surface area contributed by atoms with Crippen molar-refractivity contribution < 1.29 is 4.74 Å². The van der Waals surface area contributed by atoms with Crippen molar-refractivity contribution in [1.29, 1.82) is 0 Å². The monoisotopic (exact) mass is 281 g/mol. The van der Waals surface area contributed by atoms with Crippen LogP contribution in [0.4, 0.5) is 0 Å². The zero-order chi connectivity index (χ0) is 14.5. The average molecular weight is 281 g/mol. The van der Waals surface area contributed by atoms with Crippen molar-refractivity contribution in [3.63, 3.8) is 0 Å². The van der Waals surface area contributed by atoms with Crippen LogP contribution in [0.25, 0.3) is 0 Å². The molecule has 110 valence electrons. The second-order valence-electron chi connectivity index (χ2n) is 5.63. The molecule has 0 bridgehead atoms. The van der Waals surface area contributed by atoms with E-state index in [1.165, 1.54) is 41.5 Å². The van der Waals surface area contributed by atoms with E-state index in [2.05, 4.69) is 48.6 Å². The van der Waals surface area contributed by atoms with Gasteiger partial charge in [-0.1, -0.05) is 43.3 Å². The molecule has 0 unspecified atom stereocenters. The topological polar surface area (TPSA) is 21.3 Å². The molecule has 2 aromatic rings. The minimum atomic E-state index is 0.649. The van der Waals surface area contributed by atoms with Crippen molar-refractivity contribution >= 4 is 0 Å². The summed E-state index contributed by atoms with van der Waals surface area (Å²) in [4.78, 5) is 0. The van der Waals surface area contributed by atoms with Crippen molar-refractivity contribution in [2.24, 2.45) is 0 Å². The van der Waals surface area contributed by atoms with Crippen molar-refractivity contribution in [2.75, 3.05) is 6.54 Å². The molecular weight excluding hydrogens is 258 g/mol. The molecule has 2 aromatic carbocycles. The Kier molecular flexibility index (Phi) is 4.56. The summed E-state index contributed by atoms with van der Waals surface area (Å²) in [6, 6.07) is 15.1. The van der Waals surface area contributed by atoms with Crippen LogP contribution in [0.5, 0.6) is 5.75 Å². The molecule has 0 aliphatic heterocycles. The van der Waals surface area contributed by atoms with E-state index in [9.17, 15) is 0 Å². The van der Waals surface area contributed by atoms with Crippen LogP contribution in [-0.4, -0.2) is 6.54 Å². The van der Waals surface area contributed by atoms with Gasteiger partial charge in [0.15, 0.2) is 0 Å². The van der Waals surface area contributed by atoms with Gasteiger partial charge >= 0.3 is 0 Å². The summed E-state index contributed by atoms with van der Waals surface area (Å²) in [5, 5.41) is 3.36. The summed E-state index contributed by atoms with van der Waals surface area (Å²) < 4.78 is 6.04. The molecule has 0 amide bonds. The summed E-state index contributed by atoms with van der Waals surface area (Å²) in [5.74, 6) is 0.985. The predicted octanol–water partition coefficient (Wildman–Crippen LogP) is 3.86. The van der Waals surface area contributed by atoms with E-state index in [1.807, 2.05) is 6.07 Å². The quantitative estimate of drug-likeness (QED) is 0.868. The maximum atomic E-state index is 6.04. The molecule has 0 saturated heterocycles. The van der Waals surface area contributed by atoms with Crippen LogP contribution in [-0.2, 0) is 26.0 Å². The lowest BCUT2D eigenvalue weighted by Gasteiger charge is -2.12. The number of para-hydroxylation sites is 1. The SMILES string of the molecule is CCNCc1ccccc1OCc1ccc2c(c1)CCC2. The standard InChI is InChI=1S/C19H23NO/c1-2-20-13-18-6-3-4-9-19(18)21-14-15-10-11-16-7-5-8-17(16)12-15/h3-4,6,9-12,20H,2,5,7-8,13-14H2,1H3. The van der Waals surface area contributed by atoms with E-state index >= 15 is 0 Å². The van der Waals surface area contributed by atoms with Gasteiger partial charge in [0, 0.05) is 12.1 Å². The maximum Gasteiger partial charge on any atom is 0.124 e. The molecule has 0 atom stereocenters. The van der Waals surface area contributed by atoms with Gasteiger partial charge in [0.2, 0.25) is 0 Å². The Hall–Kier alpha value is -1.80. The van der Waals surface area contributed by atoms with Crippen molar-refractivity contribution in [2.45, 2.75) is 39.3 Å². The molecular formula is C19H23NO. The molecule has 1 N–H and O–H groups in total. The minimum Gasteiger partial charge on any atom is -0.489 e. The van der Waals surface area contributed by atoms with Gasteiger partial charge in [-0.3, -0.25) is 0 Å². The molecule has 2 heteroatoms. The number of hydrogen-bond donors (Lipinski definition) is 1. The Morgan fingerprint density at radius 3 is 2.81 bits per heavy atom. The number of ether oxygens (including phenoxy) is 1. The van der Waals surface area contributed by atoms with Gasteiger partial charge < -0.3 is 10.1 Å². The van der Waals surface area contributed by atoms with E-state index in [4.69, 9.17) is 4.74 Å². The van der Waals surface area contributed by atoms with Crippen molar-refractivity contribution in [3.05, 3.63) is 64.7 Å². The number of nitrogens with one attached hydrogen (secondary N) is 1. The van der Waals surface area contributed by atoms with Gasteiger partial charge in [0.25, 0.3) is 0 Å². The summed E-state index contributed by atoms with van der Waals surface area (Å²) in [6.45, 7) is 4.60. The Morgan fingerprint density at radius 2 is 1.90 bits per heavy atom. The highest BCUT2D eigenvalue weighted by Crippen LogP contribution is 2.24. The second kappa shape index (κ2) is 6.77. The molecule has 2 nitrogen and oxygen atoms in total. The first-order valence-corrected chi connectivity index (χ1v) is 7.89. The first kappa shape index (κ1) is 14.2. The first-order chi connectivity index (χ1) is 10.4. The lowest BCUT2D eigenvalue weighted by atomic mass is 10.1. The van der Waals surface area contributed by atoms with Crippen LogP contribution in [0.3, 0.4) is 0 Å². The zero-order valence-electron chi connectivity index (χ0n) is 12.7. The van der Waals surface area contributed by atoms with E-state index in [0.29, 0.717) is 6.61 Å². The van der Waals surface area contributed by atoms with Gasteiger partial charge in [0.1, 0.15) is 12.4 Å². The van der Waals surface area contributed by atoms with Gasteiger partial charge in [0.05, 0.1) is 0 Å². The van der Waals surface area contributed by atoms with E-state index in [1.54, 1.807) is 0 Å².